The van der Waals surface area contributed by atoms with Crippen LogP contribution in [0.5, 0.6) is 0 Å². The van der Waals surface area contributed by atoms with E-state index >= 15 is 0 Å². The molecule has 39 heavy (non-hydrogen) atoms. The Bertz CT molecular complexity index is 1510. The first-order chi connectivity index (χ1) is 18.0. The number of hydrogen-bond acceptors (Lipinski definition) is 2. The molecule has 0 bridgehead atoms. The van der Waals surface area contributed by atoms with E-state index in [2.05, 4.69) is 4.72 Å². The largest absolute Gasteiger partial charge is 3.00 e. The Hall–Kier alpha value is -3.41. The number of nitrogens with zero attached hydrogens (tertiary/aromatic N) is 1. The van der Waals surface area contributed by atoms with E-state index in [1.807, 2.05) is 140 Å². The van der Waals surface area contributed by atoms with Gasteiger partial charge in [-0.1, -0.05) is 151 Å². The first-order valence-electron chi connectivity index (χ1n) is 12.1. The molecule has 1 N–H and O–H groups in total. The summed E-state index contributed by atoms with van der Waals surface area (Å²) in [5, 5.41) is 0. The van der Waals surface area contributed by atoms with E-state index < -0.39 is 22.1 Å². The molecular weight excluding hydrogens is 590 g/mol. The van der Waals surface area contributed by atoms with E-state index in [1.54, 1.807) is 0 Å². The van der Waals surface area contributed by atoms with Gasteiger partial charge in [0.15, 0.2) is 0 Å². The van der Waals surface area contributed by atoms with E-state index in [4.69, 9.17) is 5.73 Å². The van der Waals surface area contributed by atoms with Crippen LogP contribution in [0.3, 0.4) is 0 Å². The summed E-state index contributed by atoms with van der Waals surface area (Å²) in [5.41, 5.74) is 13.1. The molecule has 0 saturated heterocycles. The summed E-state index contributed by atoms with van der Waals surface area (Å²) in [6.45, 7) is 0. The van der Waals surface area contributed by atoms with Gasteiger partial charge in [0.2, 0.25) is 0 Å². The van der Waals surface area contributed by atoms with Crippen molar-refractivity contribution in [2.24, 2.45) is 0 Å². The summed E-state index contributed by atoms with van der Waals surface area (Å²) in [7, 11) is -4.21. The molecule has 0 unspecified atom stereocenters. The van der Waals surface area contributed by atoms with Crippen molar-refractivity contribution < 1.29 is 27.9 Å². The van der Waals surface area contributed by atoms with Gasteiger partial charge in [0.25, 0.3) is 0 Å². The van der Waals surface area contributed by atoms with Crippen LogP contribution in [0.15, 0.2) is 144 Å². The van der Waals surface area contributed by atoms with Gasteiger partial charge < -0.3 is 17.9 Å². The van der Waals surface area contributed by atoms with Gasteiger partial charge in [-0.3, -0.25) is 0 Å². The standard InChI is InChI=1S/C32H26N2O2S.CH3.Ru/c33-30(26-18-9-3-10-19-26)31(27-20-11-4-12-21-27)34-37(35,36)32-28(24-14-5-1-6-15-24)22-13-23-29(32)25-16-7-2-8-17-25;;/h1-23,30-31,33H;1H3;/q-2;-1;+3/t30-,31-;;/m0../s1. The minimum absolute atomic E-state index is 0. The number of hydrogen-bond donors (Lipinski definition) is 0. The Morgan fingerprint density at radius 1 is 0.538 bits per heavy atom. The van der Waals surface area contributed by atoms with Gasteiger partial charge in [0.05, 0.1) is 4.90 Å². The molecule has 4 nitrogen and oxygen atoms in total. The monoisotopic (exact) mass is 619 g/mol. The molecule has 2 atom stereocenters. The molecule has 1 radical (unpaired) electrons. The smallest absolute Gasteiger partial charge is 0.672 e. The van der Waals surface area contributed by atoms with Gasteiger partial charge in [-0.25, -0.2) is 8.42 Å². The molecule has 0 aromatic heterocycles. The Morgan fingerprint density at radius 3 is 1.36 bits per heavy atom. The van der Waals surface area contributed by atoms with E-state index in [9.17, 15) is 8.42 Å². The van der Waals surface area contributed by atoms with Crippen molar-refractivity contribution in [3.05, 3.63) is 169 Å². The molecule has 5 aromatic rings. The SMILES string of the molecule is [CH3-].[NH-][C@@H](c1ccccc1)[C@@H]([N-]S(=O)(=O)c1c(-c2ccccc2)cccc1-c1ccccc1)c1ccccc1.[Ru+3]. The number of nitrogens with one attached hydrogen (secondary N) is 1. The molecule has 0 amide bonds. The Labute approximate surface area is 244 Å². The van der Waals surface area contributed by atoms with E-state index in [0.717, 1.165) is 11.1 Å². The third-order valence-corrected chi connectivity index (χ3v) is 7.77. The average molecular weight is 619 g/mol. The quantitative estimate of drug-likeness (QED) is 0.129. The van der Waals surface area contributed by atoms with Gasteiger partial charge in [0, 0.05) is 0 Å². The van der Waals surface area contributed by atoms with Gasteiger partial charge in [0.1, 0.15) is 10.0 Å². The van der Waals surface area contributed by atoms with E-state index in [-0.39, 0.29) is 31.8 Å². The van der Waals surface area contributed by atoms with Crippen LogP contribution in [-0.2, 0) is 29.5 Å². The van der Waals surface area contributed by atoms with Gasteiger partial charge in [-0.2, -0.15) is 0 Å². The third-order valence-electron chi connectivity index (χ3n) is 6.31. The molecule has 5 rings (SSSR count). The second kappa shape index (κ2) is 13.6. The second-order valence-corrected chi connectivity index (χ2v) is 10.3. The molecule has 0 aliphatic heterocycles. The van der Waals surface area contributed by atoms with Crippen LogP contribution >= 0.6 is 0 Å². The molecule has 6 heteroatoms. The summed E-state index contributed by atoms with van der Waals surface area (Å²) in [4.78, 5) is 0.147. The van der Waals surface area contributed by atoms with Gasteiger partial charge >= 0.3 is 19.5 Å². The predicted molar refractivity (Wildman–Crippen MR) is 157 cm³/mol. The first kappa shape index (κ1) is 30.1. The summed E-state index contributed by atoms with van der Waals surface area (Å²) in [6.07, 6.45) is 0. The summed E-state index contributed by atoms with van der Waals surface area (Å²) < 4.78 is 33.1. The molecule has 0 heterocycles. The minimum Gasteiger partial charge on any atom is -0.672 e. The molecular formula is C33H29N2O2RuS. The minimum atomic E-state index is -4.21. The Morgan fingerprint density at radius 2 is 0.923 bits per heavy atom. The van der Waals surface area contributed by atoms with E-state index in [1.165, 1.54) is 0 Å². The van der Waals surface area contributed by atoms with Crippen molar-refractivity contribution in [1.82, 2.24) is 0 Å². The van der Waals surface area contributed by atoms with Crippen LogP contribution in [0.4, 0.5) is 0 Å². The summed E-state index contributed by atoms with van der Waals surface area (Å²) >= 11 is 0. The van der Waals surface area contributed by atoms with Crippen molar-refractivity contribution in [3.8, 4) is 22.3 Å². The normalized spacial score (nSPS) is 12.4. The number of sulfonamides is 1. The number of benzene rings is 5. The topological polar surface area (TPSA) is 72.0 Å². The fraction of sp³-hybridized carbons (Fsp3) is 0.0606. The van der Waals surface area contributed by atoms with Crippen LogP contribution < -0.4 is 0 Å². The fourth-order valence-corrected chi connectivity index (χ4v) is 6.09. The maximum absolute atomic E-state index is 14.3. The van der Waals surface area contributed by atoms with Crippen molar-refractivity contribution in [1.29, 1.82) is 0 Å². The molecule has 0 aliphatic carbocycles. The Kier molecular flexibility index (Phi) is 10.5. The van der Waals surface area contributed by atoms with Crippen molar-refractivity contribution in [2.75, 3.05) is 0 Å². The zero-order valence-corrected chi connectivity index (χ0v) is 24.0. The number of rotatable bonds is 8. The van der Waals surface area contributed by atoms with Crippen molar-refractivity contribution in [3.63, 3.8) is 0 Å². The van der Waals surface area contributed by atoms with Crippen molar-refractivity contribution >= 4 is 10.0 Å². The molecule has 5 aromatic carbocycles. The third kappa shape index (κ3) is 6.79. The van der Waals surface area contributed by atoms with Gasteiger partial charge in [-0.15, -0.1) is 12.1 Å². The molecule has 0 fully saturated rings. The van der Waals surface area contributed by atoms with Crippen LogP contribution in [-0.4, -0.2) is 8.42 Å². The average Bonchev–Trinajstić information content (AvgIpc) is 2.97. The predicted octanol–water partition coefficient (Wildman–Crippen LogP) is 9.07. The van der Waals surface area contributed by atoms with E-state index in [0.29, 0.717) is 22.3 Å². The molecule has 0 aliphatic rings. The molecule has 0 saturated carbocycles. The van der Waals surface area contributed by atoms with Gasteiger partial charge in [-0.05, 0) is 22.3 Å². The summed E-state index contributed by atoms with van der Waals surface area (Å²) in [5.74, 6) is 0. The van der Waals surface area contributed by atoms with Crippen LogP contribution in [0, 0.1) is 7.43 Å². The zero-order valence-electron chi connectivity index (χ0n) is 21.5. The fourth-order valence-electron chi connectivity index (χ4n) is 4.51. The van der Waals surface area contributed by atoms with Crippen molar-refractivity contribution in [2.45, 2.75) is 17.0 Å². The zero-order chi connectivity index (χ0) is 25.7. The Balaban J connectivity index is 0.00000210. The van der Waals surface area contributed by atoms with Crippen LogP contribution in [0.25, 0.3) is 32.7 Å². The second-order valence-electron chi connectivity index (χ2n) is 8.74. The molecule has 0 spiro atoms. The maximum Gasteiger partial charge on any atom is 3.00 e. The van der Waals surface area contributed by atoms with Crippen LogP contribution in [0.2, 0.25) is 0 Å². The maximum atomic E-state index is 14.3. The molecule has 197 valence electrons. The first-order valence-corrected chi connectivity index (χ1v) is 13.5. The summed E-state index contributed by atoms with van der Waals surface area (Å²) in [6, 6.07) is 41.1. The van der Waals surface area contributed by atoms with Crippen LogP contribution in [0.1, 0.15) is 23.2 Å².